The van der Waals surface area contributed by atoms with Gasteiger partial charge in [-0.3, -0.25) is 4.79 Å². The van der Waals surface area contributed by atoms with Gasteiger partial charge in [-0.1, -0.05) is 24.3 Å². The average molecular weight is 400 g/mol. The molecule has 0 bridgehead atoms. The van der Waals surface area contributed by atoms with Gasteiger partial charge in [-0.2, -0.15) is 0 Å². The van der Waals surface area contributed by atoms with Crippen molar-refractivity contribution in [3.8, 4) is 28.4 Å². The van der Waals surface area contributed by atoms with Crippen LogP contribution in [-0.2, 0) is 0 Å². The van der Waals surface area contributed by atoms with Crippen LogP contribution in [0, 0.1) is 0 Å². The van der Waals surface area contributed by atoms with Crippen molar-refractivity contribution >= 4 is 16.9 Å². The van der Waals surface area contributed by atoms with E-state index in [2.05, 4.69) is 0 Å². The van der Waals surface area contributed by atoms with Gasteiger partial charge in [-0.05, 0) is 42.0 Å². The Morgan fingerprint density at radius 2 is 1.67 bits per heavy atom. The summed E-state index contributed by atoms with van der Waals surface area (Å²) in [6.45, 7) is 0.967. The van der Waals surface area contributed by atoms with Gasteiger partial charge in [0, 0.05) is 6.07 Å². The van der Waals surface area contributed by atoms with Gasteiger partial charge in [0.25, 0.3) is 0 Å². The summed E-state index contributed by atoms with van der Waals surface area (Å²) < 4.78 is 22.2. The van der Waals surface area contributed by atoms with Crippen LogP contribution in [-0.4, -0.2) is 19.2 Å². The third-order valence-electron chi connectivity index (χ3n) is 4.82. The van der Waals surface area contributed by atoms with Crippen molar-refractivity contribution in [2.45, 2.75) is 0 Å². The lowest BCUT2D eigenvalue weighted by Gasteiger charge is -2.18. The van der Waals surface area contributed by atoms with Gasteiger partial charge in [0.15, 0.2) is 16.9 Å². The van der Waals surface area contributed by atoms with E-state index in [4.69, 9.17) is 18.6 Å². The van der Waals surface area contributed by atoms with E-state index in [9.17, 15) is 9.59 Å². The van der Waals surface area contributed by atoms with E-state index < -0.39 is 5.97 Å². The van der Waals surface area contributed by atoms with Crippen LogP contribution in [0.25, 0.3) is 22.1 Å². The molecule has 0 spiro atoms. The Morgan fingerprint density at radius 3 is 2.50 bits per heavy atom. The first-order chi connectivity index (χ1) is 14.7. The second kappa shape index (κ2) is 7.40. The van der Waals surface area contributed by atoms with E-state index >= 15 is 0 Å². The van der Waals surface area contributed by atoms with Crippen LogP contribution in [0.5, 0.6) is 17.2 Å². The quantitative estimate of drug-likeness (QED) is 0.374. The predicted molar refractivity (Wildman–Crippen MR) is 110 cm³/mol. The molecule has 4 aromatic rings. The molecule has 2 heterocycles. The fourth-order valence-electron chi connectivity index (χ4n) is 3.32. The van der Waals surface area contributed by atoms with E-state index in [0.717, 1.165) is 0 Å². The van der Waals surface area contributed by atoms with Crippen molar-refractivity contribution in [3.63, 3.8) is 0 Å². The van der Waals surface area contributed by atoms with Crippen molar-refractivity contribution in [3.05, 3.63) is 88.8 Å². The van der Waals surface area contributed by atoms with Gasteiger partial charge in [0.2, 0.25) is 0 Å². The van der Waals surface area contributed by atoms with Crippen molar-refractivity contribution in [1.29, 1.82) is 0 Å². The molecule has 5 rings (SSSR count). The molecule has 6 nitrogen and oxygen atoms in total. The summed E-state index contributed by atoms with van der Waals surface area (Å²) in [6, 6.07) is 18.7. The average Bonchev–Trinajstić information content (AvgIpc) is 2.79. The summed E-state index contributed by atoms with van der Waals surface area (Å²) in [7, 11) is 0. The predicted octanol–water partition coefficient (Wildman–Crippen LogP) is 4.45. The van der Waals surface area contributed by atoms with Gasteiger partial charge in [-0.15, -0.1) is 0 Å². The molecule has 0 saturated heterocycles. The van der Waals surface area contributed by atoms with Crippen LogP contribution < -0.4 is 19.6 Å². The number of carbonyl (C=O) groups is 1. The highest BCUT2D eigenvalue weighted by Gasteiger charge is 2.16. The maximum Gasteiger partial charge on any atom is 0.343 e. The molecule has 1 aromatic heterocycles. The molecule has 0 fully saturated rings. The van der Waals surface area contributed by atoms with Crippen molar-refractivity contribution in [2.24, 2.45) is 0 Å². The minimum Gasteiger partial charge on any atom is -0.486 e. The third-order valence-corrected chi connectivity index (χ3v) is 4.82. The second-order valence-corrected chi connectivity index (χ2v) is 6.75. The maximum atomic E-state index is 13.0. The molecule has 3 aromatic carbocycles. The first kappa shape index (κ1) is 18.0. The van der Waals surface area contributed by atoms with Crippen molar-refractivity contribution in [2.75, 3.05) is 13.2 Å². The van der Waals surface area contributed by atoms with E-state index in [1.54, 1.807) is 54.6 Å². The lowest BCUT2D eigenvalue weighted by atomic mass is 10.0. The Labute approximate surface area is 171 Å². The molecule has 1 aliphatic heterocycles. The van der Waals surface area contributed by atoms with E-state index in [1.165, 1.54) is 12.3 Å². The van der Waals surface area contributed by atoms with Gasteiger partial charge >= 0.3 is 5.97 Å². The first-order valence-electron chi connectivity index (χ1n) is 9.42. The Balaban J connectivity index is 1.47. The van der Waals surface area contributed by atoms with E-state index in [1.807, 2.05) is 6.07 Å². The standard InChI is InChI=1S/C24H16O6/c25-23-18-8-7-17(30-24(26)15-4-2-1-3-5-15)13-21(18)29-14-19(23)16-6-9-20-22(12-16)28-11-10-27-20/h1-9,12-14H,10-11H2. The van der Waals surface area contributed by atoms with E-state index in [-0.39, 0.29) is 5.43 Å². The fraction of sp³-hybridized carbons (Fsp3) is 0.0833. The molecule has 6 heteroatoms. The first-order valence-corrected chi connectivity index (χ1v) is 9.42. The summed E-state index contributed by atoms with van der Waals surface area (Å²) in [5, 5.41) is 0.391. The molecule has 0 unspecified atom stereocenters. The lowest BCUT2D eigenvalue weighted by Crippen LogP contribution is -2.15. The summed E-state index contributed by atoms with van der Waals surface area (Å²) in [5.41, 5.74) is 1.67. The Bertz CT molecular complexity index is 1310. The zero-order valence-electron chi connectivity index (χ0n) is 15.8. The van der Waals surface area contributed by atoms with Gasteiger partial charge < -0.3 is 18.6 Å². The summed E-state index contributed by atoms with van der Waals surface area (Å²) in [4.78, 5) is 25.2. The third kappa shape index (κ3) is 3.28. The highest BCUT2D eigenvalue weighted by atomic mass is 16.6. The van der Waals surface area contributed by atoms with Gasteiger partial charge in [0.05, 0.1) is 16.5 Å². The summed E-state index contributed by atoms with van der Waals surface area (Å²) >= 11 is 0. The second-order valence-electron chi connectivity index (χ2n) is 6.75. The molecular formula is C24H16O6. The van der Waals surface area contributed by atoms with Gasteiger partial charge in [0.1, 0.15) is 30.8 Å². The van der Waals surface area contributed by atoms with E-state index in [0.29, 0.717) is 58.1 Å². The number of hydrogen-bond acceptors (Lipinski definition) is 6. The number of carbonyl (C=O) groups excluding carboxylic acids is 1. The number of rotatable bonds is 3. The molecule has 0 N–H and O–H groups in total. The molecule has 0 amide bonds. The molecule has 1 aliphatic rings. The zero-order valence-corrected chi connectivity index (χ0v) is 15.8. The smallest absolute Gasteiger partial charge is 0.343 e. The normalized spacial score (nSPS) is 12.5. The monoisotopic (exact) mass is 400 g/mol. The van der Waals surface area contributed by atoms with Crippen LogP contribution in [0.3, 0.4) is 0 Å². The summed E-state index contributed by atoms with van der Waals surface area (Å²) in [6.07, 6.45) is 1.40. The van der Waals surface area contributed by atoms with Crippen LogP contribution in [0.15, 0.2) is 82.2 Å². The van der Waals surface area contributed by atoms with Gasteiger partial charge in [-0.25, -0.2) is 4.79 Å². The fourth-order valence-corrected chi connectivity index (χ4v) is 3.32. The minimum atomic E-state index is -0.481. The SMILES string of the molecule is O=C(Oc1ccc2c(=O)c(-c3ccc4c(c3)OCCO4)coc2c1)c1ccccc1. The number of ether oxygens (including phenoxy) is 3. The van der Waals surface area contributed by atoms with Crippen LogP contribution in [0.2, 0.25) is 0 Å². The number of hydrogen-bond donors (Lipinski definition) is 0. The van der Waals surface area contributed by atoms with Crippen molar-refractivity contribution in [1.82, 2.24) is 0 Å². The molecule has 0 radical (unpaired) electrons. The molecule has 148 valence electrons. The number of fused-ring (bicyclic) bond motifs is 2. The summed E-state index contributed by atoms with van der Waals surface area (Å²) in [5.74, 6) is 1.07. The minimum absolute atomic E-state index is 0.186. The highest BCUT2D eigenvalue weighted by molar-refractivity contribution is 5.91. The molecule has 0 aliphatic carbocycles. The molecule has 0 atom stereocenters. The maximum absolute atomic E-state index is 13.0. The zero-order chi connectivity index (χ0) is 20.5. The molecule has 30 heavy (non-hydrogen) atoms. The largest absolute Gasteiger partial charge is 0.486 e. The lowest BCUT2D eigenvalue weighted by molar-refractivity contribution is 0.0735. The number of esters is 1. The van der Waals surface area contributed by atoms with Crippen molar-refractivity contribution < 1.29 is 23.4 Å². The van der Waals surface area contributed by atoms with Crippen LogP contribution >= 0.6 is 0 Å². The Morgan fingerprint density at radius 1 is 0.867 bits per heavy atom. The molecule has 0 saturated carbocycles. The number of benzene rings is 3. The van der Waals surface area contributed by atoms with Crippen LogP contribution in [0.4, 0.5) is 0 Å². The topological polar surface area (TPSA) is 75.0 Å². The van der Waals surface area contributed by atoms with Crippen LogP contribution in [0.1, 0.15) is 10.4 Å². The Kier molecular flexibility index (Phi) is 4.44. The molecular weight excluding hydrogens is 384 g/mol. The Hall–Kier alpha value is -4.06. The highest BCUT2D eigenvalue weighted by Crippen LogP contribution is 2.34.